The van der Waals surface area contributed by atoms with Gasteiger partial charge in [0.2, 0.25) is 5.91 Å². The third-order valence-electron chi connectivity index (χ3n) is 5.19. The molecule has 1 N–H and O–H groups in total. The first-order valence-electron chi connectivity index (χ1n) is 9.75. The Morgan fingerprint density at radius 2 is 2.00 bits per heavy atom. The lowest BCUT2D eigenvalue weighted by atomic mass is 9.88. The Labute approximate surface area is 171 Å². The van der Waals surface area contributed by atoms with Gasteiger partial charge in [0.1, 0.15) is 12.4 Å². The molecule has 1 aromatic heterocycles. The minimum absolute atomic E-state index is 0.0342. The third kappa shape index (κ3) is 5.12. The molecule has 1 fully saturated rings. The lowest BCUT2D eigenvalue weighted by molar-refractivity contribution is -0.137. The fourth-order valence-corrected chi connectivity index (χ4v) is 3.77. The van der Waals surface area contributed by atoms with Gasteiger partial charge in [-0.05, 0) is 37.1 Å². The number of methoxy groups -OCH3 is 2. The average Bonchev–Trinajstić information content (AvgIpc) is 2.78. The summed E-state index contributed by atoms with van der Waals surface area (Å²) in [5.41, 5.74) is 1.25. The van der Waals surface area contributed by atoms with Crippen LogP contribution in [0.1, 0.15) is 34.9 Å². The molecular weight excluding hydrogens is 370 g/mol. The minimum atomic E-state index is -0.313. The first-order chi connectivity index (χ1) is 14.1. The SMILES string of the molecule is COCC(=O)N1CCC[C@@H]([C@@H](NC(=O)c2ccccc2OC)c2ccccn2)C1. The zero-order valence-electron chi connectivity index (χ0n) is 16.8. The van der Waals surface area contributed by atoms with Crippen LogP contribution in [0.5, 0.6) is 5.75 Å². The number of hydrogen-bond acceptors (Lipinski definition) is 5. The van der Waals surface area contributed by atoms with Crippen molar-refractivity contribution in [3.63, 3.8) is 0 Å². The molecular formula is C22H27N3O4. The molecule has 0 aliphatic carbocycles. The van der Waals surface area contributed by atoms with Crippen LogP contribution in [0.15, 0.2) is 48.7 Å². The van der Waals surface area contributed by atoms with Crippen molar-refractivity contribution in [3.8, 4) is 5.75 Å². The van der Waals surface area contributed by atoms with Crippen molar-refractivity contribution in [1.82, 2.24) is 15.2 Å². The summed E-state index contributed by atoms with van der Waals surface area (Å²) in [5, 5.41) is 3.13. The molecule has 0 bridgehead atoms. The van der Waals surface area contributed by atoms with E-state index >= 15 is 0 Å². The number of hydrogen-bond donors (Lipinski definition) is 1. The highest BCUT2D eigenvalue weighted by atomic mass is 16.5. The molecule has 1 aliphatic rings. The molecule has 0 radical (unpaired) electrons. The molecule has 0 unspecified atom stereocenters. The summed E-state index contributed by atoms with van der Waals surface area (Å²) in [6.07, 6.45) is 3.48. The molecule has 1 aromatic carbocycles. The van der Waals surface area contributed by atoms with E-state index in [4.69, 9.17) is 9.47 Å². The Bertz CT molecular complexity index is 828. The van der Waals surface area contributed by atoms with Crippen molar-refractivity contribution in [2.24, 2.45) is 5.92 Å². The largest absolute Gasteiger partial charge is 0.496 e. The van der Waals surface area contributed by atoms with Gasteiger partial charge in [-0.1, -0.05) is 18.2 Å². The van der Waals surface area contributed by atoms with E-state index in [1.807, 2.05) is 29.2 Å². The highest BCUT2D eigenvalue weighted by Crippen LogP contribution is 2.30. The van der Waals surface area contributed by atoms with E-state index in [0.717, 1.165) is 18.5 Å². The van der Waals surface area contributed by atoms with Crippen molar-refractivity contribution < 1.29 is 19.1 Å². The van der Waals surface area contributed by atoms with Gasteiger partial charge >= 0.3 is 0 Å². The molecule has 7 nitrogen and oxygen atoms in total. The first kappa shape index (κ1) is 20.8. The summed E-state index contributed by atoms with van der Waals surface area (Å²) in [4.78, 5) is 31.6. The summed E-state index contributed by atoms with van der Waals surface area (Å²) < 4.78 is 10.3. The number of amides is 2. The molecule has 2 heterocycles. The molecule has 154 valence electrons. The fourth-order valence-electron chi connectivity index (χ4n) is 3.77. The van der Waals surface area contributed by atoms with Crippen molar-refractivity contribution in [2.45, 2.75) is 18.9 Å². The van der Waals surface area contributed by atoms with Gasteiger partial charge in [-0.2, -0.15) is 0 Å². The van der Waals surface area contributed by atoms with Crippen LogP contribution in [-0.4, -0.2) is 55.6 Å². The maximum absolute atomic E-state index is 13.0. The van der Waals surface area contributed by atoms with Crippen LogP contribution < -0.4 is 10.1 Å². The van der Waals surface area contributed by atoms with Gasteiger partial charge < -0.3 is 19.7 Å². The van der Waals surface area contributed by atoms with E-state index in [9.17, 15) is 9.59 Å². The first-order valence-corrected chi connectivity index (χ1v) is 9.75. The number of likely N-dealkylation sites (tertiary alicyclic amines) is 1. The second kappa shape index (κ2) is 10.0. The molecule has 2 atom stereocenters. The normalized spacial score (nSPS) is 17.4. The average molecular weight is 397 g/mol. The summed E-state index contributed by atoms with van der Waals surface area (Å²) >= 11 is 0. The van der Waals surface area contributed by atoms with E-state index < -0.39 is 0 Å². The minimum Gasteiger partial charge on any atom is -0.496 e. The monoisotopic (exact) mass is 397 g/mol. The molecule has 3 rings (SSSR count). The van der Waals surface area contributed by atoms with E-state index in [0.29, 0.717) is 24.4 Å². The van der Waals surface area contributed by atoms with Crippen LogP contribution in [0.3, 0.4) is 0 Å². The lowest BCUT2D eigenvalue weighted by Crippen LogP contribution is -2.46. The zero-order valence-corrected chi connectivity index (χ0v) is 16.8. The van der Waals surface area contributed by atoms with Gasteiger partial charge in [0.25, 0.3) is 5.91 Å². The fraction of sp³-hybridized carbons (Fsp3) is 0.409. The lowest BCUT2D eigenvalue weighted by Gasteiger charge is -2.37. The quantitative estimate of drug-likeness (QED) is 0.776. The van der Waals surface area contributed by atoms with Crippen LogP contribution in [0.2, 0.25) is 0 Å². The highest BCUT2D eigenvalue weighted by Gasteiger charge is 2.32. The maximum atomic E-state index is 13.0. The molecule has 0 saturated carbocycles. The second-order valence-electron chi connectivity index (χ2n) is 7.08. The number of nitrogens with zero attached hydrogens (tertiary/aromatic N) is 2. The zero-order chi connectivity index (χ0) is 20.6. The van der Waals surface area contributed by atoms with E-state index in [-0.39, 0.29) is 30.4 Å². The Kier molecular flexibility index (Phi) is 7.19. The number of piperidine rings is 1. The van der Waals surface area contributed by atoms with Gasteiger partial charge in [0.15, 0.2) is 0 Å². The second-order valence-corrected chi connectivity index (χ2v) is 7.08. The summed E-state index contributed by atoms with van der Waals surface area (Å²) in [6.45, 7) is 1.32. The van der Waals surface area contributed by atoms with Crippen molar-refractivity contribution in [1.29, 1.82) is 0 Å². The number of aromatic nitrogens is 1. The summed E-state index contributed by atoms with van der Waals surface area (Å²) in [5.74, 6) is 0.315. The van der Waals surface area contributed by atoms with Gasteiger partial charge in [0, 0.05) is 32.3 Å². The number of rotatable bonds is 7. The van der Waals surface area contributed by atoms with E-state index in [2.05, 4.69) is 10.3 Å². The smallest absolute Gasteiger partial charge is 0.255 e. The van der Waals surface area contributed by atoms with Crippen LogP contribution in [0, 0.1) is 5.92 Å². The standard InChI is InChI=1S/C22H27N3O4/c1-28-15-20(26)25-13-7-8-16(14-25)21(18-10-5-6-12-23-18)24-22(27)17-9-3-4-11-19(17)29-2/h3-6,9-12,16,21H,7-8,13-15H2,1-2H3,(H,24,27)/t16-,21-/m1/s1. The molecule has 1 aliphatic heterocycles. The van der Waals surface area contributed by atoms with Gasteiger partial charge in [-0.15, -0.1) is 0 Å². The Balaban J connectivity index is 1.84. The van der Waals surface area contributed by atoms with Gasteiger partial charge in [-0.25, -0.2) is 0 Å². The number of carbonyl (C=O) groups is 2. The van der Waals surface area contributed by atoms with Gasteiger partial charge in [0.05, 0.1) is 24.4 Å². The van der Waals surface area contributed by atoms with Crippen molar-refractivity contribution in [3.05, 3.63) is 59.9 Å². The number of para-hydroxylation sites is 1. The number of nitrogens with one attached hydrogen (secondary N) is 1. The Morgan fingerprint density at radius 1 is 1.21 bits per heavy atom. The molecule has 2 aromatic rings. The molecule has 1 saturated heterocycles. The van der Waals surface area contributed by atoms with Crippen molar-refractivity contribution in [2.75, 3.05) is 33.9 Å². The Hall–Kier alpha value is -2.93. The molecule has 29 heavy (non-hydrogen) atoms. The van der Waals surface area contributed by atoms with Crippen molar-refractivity contribution >= 4 is 11.8 Å². The summed E-state index contributed by atoms with van der Waals surface area (Å²) in [6, 6.07) is 12.5. The molecule has 0 spiro atoms. The summed E-state index contributed by atoms with van der Waals surface area (Å²) in [7, 11) is 3.06. The predicted molar refractivity (Wildman–Crippen MR) is 109 cm³/mol. The third-order valence-corrected chi connectivity index (χ3v) is 5.19. The maximum Gasteiger partial charge on any atom is 0.255 e. The number of benzene rings is 1. The van der Waals surface area contributed by atoms with E-state index in [1.54, 1.807) is 31.5 Å². The van der Waals surface area contributed by atoms with Crippen LogP contribution in [0.4, 0.5) is 0 Å². The Morgan fingerprint density at radius 3 is 2.72 bits per heavy atom. The van der Waals surface area contributed by atoms with Crippen LogP contribution >= 0.6 is 0 Å². The number of carbonyl (C=O) groups excluding carboxylic acids is 2. The molecule has 7 heteroatoms. The van der Waals surface area contributed by atoms with Gasteiger partial charge in [-0.3, -0.25) is 14.6 Å². The topological polar surface area (TPSA) is 80.8 Å². The van der Waals surface area contributed by atoms with Crippen LogP contribution in [0.25, 0.3) is 0 Å². The predicted octanol–water partition coefficient (Wildman–Crippen LogP) is 2.45. The highest BCUT2D eigenvalue weighted by molar-refractivity contribution is 5.97. The number of pyridine rings is 1. The van der Waals surface area contributed by atoms with E-state index in [1.165, 1.54) is 7.11 Å². The molecule has 2 amide bonds. The van der Waals surface area contributed by atoms with Crippen LogP contribution in [-0.2, 0) is 9.53 Å². The number of ether oxygens (including phenoxy) is 2.